The summed E-state index contributed by atoms with van der Waals surface area (Å²) in [5.74, 6) is -0.0379. The lowest BCUT2D eigenvalue weighted by Crippen LogP contribution is -2.38. The summed E-state index contributed by atoms with van der Waals surface area (Å²) in [7, 11) is 1.95. The molecule has 0 aromatic heterocycles. The Morgan fingerprint density at radius 3 is 2.65 bits per heavy atom. The standard InChI is InChI=1S/C20H29F3N2O/c1-24-16-9-10-25(12-16)13-18(17-7-2-3-8-19(17)26)14-5-4-6-15(11-14)20(21,22)23/h4-6,11,16-19,24,26H,2-3,7-10,12-13H2,1H3/t16-,17?,18?,19?/m1/s1. The zero-order valence-electron chi connectivity index (χ0n) is 15.3. The lowest BCUT2D eigenvalue weighted by atomic mass is 9.74. The molecule has 3 unspecified atom stereocenters. The van der Waals surface area contributed by atoms with Gasteiger partial charge in [-0.2, -0.15) is 13.2 Å². The maximum atomic E-state index is 13.2. The third kappa shape index (κ3) is 4.59. The summed E-state index contributed by atoms with van der Waals surface area (Å²) in [6, 6.07) is 6.16. The molecule has 1 aromatic carbocycles. The van der Waals surface area contributed by atoms with E-state index in [4.69, 9.17) is 0 Å². The van der Waals surface area contributed by atoms with Crippen molar-refractivity contribution in [2.24, 2.45) is 5.92 Å². The summed E-state index contributed by atoms with van der Waals surface area (Å²) >= 11 is 0. The fourth-order valence-electron chi connectivity index (χ4n) is 4.56. The first-order valence-electron chi connectivity index (χ1n) is 9.63. The van der Waals surface area contributed by atoms with Crippen LogP contribution in [0.25, 0.3) is 0 Å². The van der Waals surface area contributed by atoms with E-state index >= 15 is 0 Å². The molecular formula is C20H29F3N2O. The number of aliphatic hydroxyl groups is 1. The van der Waals surface area contributed by atoms with Gasteiger partial charge in [-0.25, -0.2) is 0 Å². The number of hydrogen-bond acceptors (Lipinski definition) is 3. The number of nitrogens with one attached hydrogen (secondary N) is 1. The molecule has 0 bridgehead atoms. The fraction of sp³-hybridized carbons (Fsp3) is 0.700. The van der Waals surface area contributed by atoms with E-state index in [0.717, 1.165) is 51.3 Å². The highest BCUT2D eigenvalue weighted by atomic mass is 19.4. The van der Waals surface area contributed by atoms with E-state index < -0.39 is 17.8 Å². The summed E-state index contributed by atoms with van der Waals surface area (Å²) < 4.78 is 39.6. The van der Waals surface area contributed by atoms with E-state index in [-0.39, 0.29) is 11.8 Å². The number of likely N-dealkylation sites (N-methyl/N-ethyl adjacent to an activating group) is 1. The molecule has 1 saturated heterocycles. The van der Waals surface area contributed by atoms with Gasteiger partial charge in [-0.3, -0.25) is 0 Å². The van der Waals surface area contributed by atoms with Gasteiger partial charge < -0.3 is 15.3 Å². The minimum absolute atomic E-state index is 0.0286. The number of nitrogens with zero attached hydrogens (tertiary/aromatic N) is 1. The van der Waals surface area contributed by atoms with E-state index in [1.54, 1.807) is 6.07 Å². The predicted molar refractivity (Wildman–Crippen MR) is 96.1 cm³/mol. The van der Waals surface area contributed by atoms with Crippen LogP contribution in [0.3, 0.4) is 0 Å². The molecule has 3 nitrogen and oxygen atoms in total. The number of halogens is 3. The normalized spacial score (nSPS) is 29.0. The van der Waals surface area contributed by atoms with Gasteiger partial charge in [-0.15, -0.1) is 0 Å². The second-order valence-corrected chi connectivity index (χ2v) is 7.78. The lowest BCUT2D eigenvalue weighted by Gasteiger charge is -2.37. The molecule has 1 saturated carbocycles. The third-order valence-corrected chi connectivity index (χ3v) is 6.08. The highest BCUT2D eigenvalue weighted by molar-refractivity contribution is 5.29. The van der Waals surface area contributed by atoms with Crippen molar-refractivity contribution in [3.05, 3.63) is 35.4 Å². The Bertz CT molecular complexity index is 593. The summed E-state index contributed by atoms with van der Waals surface area (Å²) in [4.78, 5) is 2.33. The summed E-state index contributed by atoms with van der Waals surface area (Å²) in [5.41, 5.74) is 0.110. The first-order valence-corrected chi connectivity index (χ1v) is 9.63. The first kappa shape index (κ1) is 19.6. The van der Waals surface area contributed by atoms with Gasteiger partial charge in [0.15, 0.2) is 0 Å². The van der Waals surface area contributed by atoms with Crippen molar-refractivity contribution in [3.8, 4) is 0 Å². The van der Waals surface area contributed by atoms with E-state index in [2.05, 4.69) is 10.2 Å². The molecule has 0 amide bonds. The van der Waals surface area contributed by atoms with Crippen LogP contribution in [-0.2, 0) is 6.18 Å². The van der Waals surface area contributed by atoms with Crippen LogP contribution < -0.4 is 5.32 Å². The van der Waals surface area contributed by atoms with Crippen LogP contribution in [0.2, 0.25) is 0 Å². The Morgan fingerprint density at radius 1 is 1.23 bits per heavy atom. The van der Waals surface area contributed by atoms with Gasteiger partial charge in [-0.05, 0) is 50.4 Å². The number of likely N-dealkylation sites (tertiary alicyclic amines) is 1. The third-order valence-electron chi connectivity index (χ3n) is 6.08. The Labute approximate surface area is 153 Å². The Kier molecular flexibility index (Phi) is 6.25. The largest absolute Gasteiger partial charge is 0.416 e. The predicted octanol–water partition coefficient (Wildman–Crippen LogP) is 3.63. The fourth-order valence-corrected chi connectivity index (χ4v) is 4.56. The molecule has 4 atom stereocenters. The Balaban J connectivity index is 1.85. The van der Waals surface area contributed by atoms with Gasteiger partial charge in [0.1, 0.15) is 0 Å². The number of rotatable bonds is 5. The van der Waals surface area contributed by atoms with Gasteiger partial charge >= 0.3 is 6.18 Å². The van der Waals surface area contributed by atoms with Crippen LogP contribution in [0.1, 0.15) is 49.1 Å². The molecular weight excluding hydrogens is 341 g/mol. The van der Waals surface area contributed by atoms with Crippen molar-refractivity contribution >= 4 is 0 Å². The van der Waals surface area contributed by atoms with Gasteiger partial charge in [0.05, 0.1) is 11.7 Å². The molecule has 26 heavy (non-hydrogen) atoms. The Morgan fingerprint density at radius 2 is 2.00 bits per heavy atom. The van der Waals surface area contributed by atoms with Crippen molar-refractivity contribution in [3.63, 3.8) is 0 Å². The molecule has 2 aliphatic rings. The highest BCUT2D eigenvalue weighted by Gasteiger charge is 2.36. The summed E-state index contributed by atoms with van der Waals surface area (Å²) in [6.07, 6.45) is -0.0409. The summed E-state index contributed by atoms with van der Waals surface area (Å²) in [6.45, 7) is 2.57. The quantitative estimate of drug-likeness (QED) is 0.831. The average Bonchev–Trinajstić information content (AvgIpc) is 3.08. The average molecular weight is 370 g/mol. The zero-order chi connectivity index (χ0) is 18.7. The Hall–Kier alpha value is -1.11. The maximum absolute atomic E-state index is 13.2. The molecule has 2 fully saturated rings. The van der Waals surface area contributed by atoms with Gasteiger partial charge in [0.25, 0.3) is 0 Å². The first-order chi connectivity index (χ1) is 12.4. The van der Waals surface area contributed by atoms with Crippen molar-refractivity contribution in [1.29, 1.82) is 0 Å². The molecule has 3 rings (SSSR count). The molecule has 1 aliphatic carbocycles. The van der Waals surface area contributed by atoms with Crippen LogP contribution >= 0.6 is 0 Å². The number of benzene rings is 1. The van der Waals surface area contributed by atoms with Crippen molar-refractivity contribution in [2.45, 2.75) is 56.3 Å². The summed E-state index contributed by atoms with van der Waals surface area (Å²) in [5, 5.41) is 13.8. The van der Waals surface area contributed by atoms with E-state index in [1.165, 1.54) is 12.1 Å². The number of alkyl halides is 3. The molecule has 6 heteroatoms. The zero-order valence-corrected chi connectivity index (χ0v) is 15.3. The minimum Gasteiger partial charge on any atom is -0.393 e. The van der Waals surface area contributed by atoms with E-state index in [9.17, 15) is 18.3 Å². The minimum atomic E-state index is -4.34. The van der Waals surface area contributed by atoms with Crippen molar-refractivity contribution in [1.82, 2.24) is 10.2 Å². The van der Waals surface area contributed by atoms with Crippen LogP contribution in [0.15, 0.2) is 24.3 Å². The van der Waals surface area contributed by atoms with Gasteiger partial charge in [-0.1, -0.05) is 31.0 Å². The van der Waals surface area contributed by atoms with Gasteiger partial charge in [0.2, 0.25) is 0 Å². The molecule has 1 aliphatic heterocycles. The second kappa shape index (κ2) is 8.28. The van der Waals surface area contributed by atoms with Crippen LogP contribution in [0, 0.1) is 5.92 Å². The SMILES string of the molecule is CN[C@@H]1CCN(CC(c2cccc(C(F)(F)F)c2)C2CCCCC2O)C1. The monoisotopic (exact) mass is 370 g/mol. The van der Waals surface area contributed by atoms with Crippen molar-refractivity contribution < 1.29 is 18.3 Å². The molecule has 1 aromatic rings. The van der Waals surface area contributed by atoms with E-state index in [0.29, 0.717) is 18.2 Å². The van der Waals surface area contributed by atoms with Crippen LogP contribution in [0.4, 0.5) is 13.2 Å². The van der Waals surface area contributed by atoms with Crippen LogP contribution in [0.5, 0.6) is 0 Å². The highest BCUT2D eigenvalue weighted by Crippen LogP contribution is 2.39. The van der Waals surface area contributed by atoms with Crippen LogP contribution in [-0.4, -0.2) is 48.8 Å². The number of hydrogen-bond donors (Lipinski definition) is 2. The van der Waals surface area contributed by atoms with Gasteiger partial charge in [0, 0.05) is 25.0 Å². The van der Waals surface area contributed by atoms with E-state index in [1.807, 2.05) is 7.05 Å². The molecule has 146 valence electrons. The van der Waals surface area contributed by atoms with Crippen molar-refractivity contribution in [2.75, 3.05) is 26.7 Å². The topological polar surface area (TPSA) is 35.5 Å². The maximum Gasteiger partial charge on any atom is 0.416 e. The smallest absolute Gasteiger partial charge is 0.393 e. The molecule has 0 radical (unpaired) electrons. The molecule has 1 heterocycles. The number of aliphatic hydroxyl groups excluding tert-OH is 1. The second-order valence-electron chi connectivity index (χ2n) is 7.78. The molecule has 0 spiro atoms. The lowest BCUT2D eigenvalue weighted by molar-refractivity contribution is -0.137. The molecule has 2 N–H and O–H groups in total.